The van der Waals surface area contributed by atoms with Crippen molar-refractivity contribution in [3.63, 3.8) is 0 Å². The lowest BCUT2D eigenvalue weighted by molar-refractivity contribution is 0.551. The molecule has 0 radical (unpaired) electrons. The Morgan fingerprint density at radius 1 is 1.29 bits per heavy atom. The van der Waals surface area contributed by atoms with E-state index in [-0.39, 0.29) is 0 Å². The van der Waals surface area contributed by atoms with Gasteiger partial charge in [-0.05, 0) is 25.0 Å². The third-order valence-corrected chi connectivity index (χ3v) is 3.29. The summed E-state index contributed by atoms with van der Waals surface area (Å²) in [6.07, 6.45) is 8.07. The zero-order valence-corrected chi connectivity index (χ0v) is 12.6. The molecule has 21 heavy (non-hydrogen) atoms. The normalized spacial score (nSPS) is 11.4. The second kappa shape index (κ2) is 7.44. The molecule has 3 nitrogen and oxygen atoms in total. The van der Waals surface area contributed by atoms with Gasteiger partial charge < -0.3 is 4.42 Å². The van der Waals surface area contributed by atoms with Gasteiger partial charge in [0.2, 0.25) is 5.89 Å². The number of allylic oxidation sites excluding steroid dienone is 2. The first kappa shape index (κ1) is 15.1. The molecule has 3 heteroatoms. The molecule has 0 atom stereocenters. The SMILES string of the molecule is CCC/C=C(\CCC)c1ncc(-c2ccccc2C#N)o1. The average molecular weight is 280 g/mol. The number of hydrogen-bond donors (Lipinski definition) is 0. The van der Waals surface area contributed by atoms with E-state index in [1.165, 1.54) is 0 Å². The molecule has 0 aliphatic heterocycles. The van der Waals surface area contributed by atoms with Gasteiger partial charge in [-0.2, -0.15) is 5.26 Å². The Kier molecular flexibility index (Phi) is 5.34. The Labute approximate surface area is 125 Å². The maximum Gasteiger partial charge on any atom is 0.222 e. The van der Waals surface area contributed by atoms with Gasteiger partial charge in [0.05, 0.1) is 17.8 Å². The van der Waals surface area contributed by atoms with Gasteiger partial charge in [0.25, 0.3) is 0 Å². The molecule has 0 aliphatic rings. The van der Waals surface area contributed by atoms with E-state index in [9.17, 15) is 5.26 Å². The van der Waals surface area contributed by atoms with Crippen molar-refractivity contribution >= 4 is 5.57 Å². The van der Waals surface area contributed by atoms with Crippen LogP contribution in [0.25, 0.3) is 16.9 Å². The summed E-state index contributed by atoms with van der Waals surface area (Å²) < 4.78 is 5.89. The van der Waals surface area contributed by atoms with Crippen molar-refractivity contribution in [3.05, 3.63) is 48.0 Å². The molecule has 0 amide bonds. The van der Waals surface area contributed by atoms with E-state index < -0.39 is 0 Å². The monoisotopic (exact) mass is 280 g/mol. The Morgan fingerprint density at radius 2 is 2.10 bits per heavy atom. The van der Waals surface area contributed by atoms with Crippen LogP contribution in [-0.4, -0.2) is 4.98 Å². The summed E-state index contributed by atoms with van der Waals surface area (Å²) in [5.41, 5.74) is 2.56. The Balaban J connectivity index is 2.34. The Morgan fingerprint density at radius 3 is 2.81 bits per heavy atom. The van der Waals surface area contributed by atoms with Gasteiger partial charge in [0.15, 0.2) is 5.76 Å². The van der Waals surface area contributed by atoms with Gasteiger partial charge in [-0.15, -0.1) is 0 Å². The van der Waals surface area contributed by atoms with Crippen LogP contribution in [0.3, 0.4) is 0 Å². The van der Waals surface area contributed by atoms with Crippen LogP contribution in [-0.2, 0) is 0 Å². The first-order valence-corrected chi connectivity index (χ1v) is 7.44. The largest absolute Gasteiger partial charge is 0.436 e. The van der Waals surface area contributed by atoms with Crippen LogP contribution in [0.5, 0.6) is 0 Å². The van der Waals surface area contributed by atoms with E-state index in [0.717, 1.165) is 36.8 Å². The standard InChI is InChI=1S/C18H20N2O/c1-3-5-9-14(8-4-2)18-20-13-17(21-18)16-11-7-6-10-15(16)12-19/h6-7,9-11,13H,3-5,8H2,1-2H3/b14-9+. The minimum Gasteiger partial charge on any atom is -0.436 e. The molecule has 0 saturated carbocycles. The summed E-state index contributed by atoms with van der Waals surface area (Å²) in [4.78, 5) is 4.40. The highest BCUT2D eigenvalue weighted by Gasteiger charge is 2.12. The number of nitrogens with zero attached hydrogens (tertiary/aromatic N) is 2. The van der Waals surface area contributed by atoms with Crippen molar-refractivity contribution in [1.29, 1.82) is 5.26 Å². The molecule has 0 fully saturated rings. The molecule has 0 aliphatic carbocycles. The van der Waals surface area contributed by atoms with Crippen molar-refractivity contribution in [2.24, 2.45) is 0 Å². The van der Waals surface area contributed by atoms with Gasteiger partial charge >= 0.3 is 0 Å². The third kappa shape index (κ3) is 3.61. The average Bonchev–Trinajstić information content (AvgIpc) is 3.01. The number of aromatic nitrogens is 1. The second-order valence-corrected chi connectivity index (χ2v) is 4.96. The first-order valence-electron chi connectivity index (χ1n) is 7.44. The van der Waals surface area contributed by atoms with Crippen molar-refractivity contribution in [2.75, 3.05) is 0 Å². The van der Waals surface area contributed by atoms with Crippen molar-refractivity contribution in [2.45, 2.75) is 39.5 Å². The molecule has 0 bridgehead atoms. The lowest BCUT2D eigenvalue weighted by atomic mass is 10.1. The quantitative estimate of drug-likeness (QED) is 0.731. The fourth-order valence-corrected chi connectivity index (χ4v) is 2.23. The number of nitriles is 1. The zero-order chi connectivity index (χ0) is 15.1. The summed E-state index contributed by atoms with van der Waals surface area (Å²) in [6.45, 7) is 4.30. The topological polar surface area (TPSA) is 49.8 Å². The number of rotatable bonds is 6. The lowest BCUT2D eigenvalue weighted by Gasteiger charge is -2.02. The number of hydrogen-bond acceptors (Lipinski definition) is 3. The molecule has 1 heterocycles. The molecule has 1 aromatic heterocycles. The van der Waals surface area contributed by atoms with Crippen molar-refractivity contribution in [3.8, 4) is 17.4 Å². The molecule has 108 valence electrons. The van der Waals surface area contributed by atoms with Crippen LogP contribution < -0.4 is 0 Å². The molecular weight excluding hydrogens is 260 g/mol. The summed E-state index contributed by atoms with van der Waals surface area (Å²) in [5, 5.41) is 9.17. The fourth-order valence-electron chi connectivity index (χ4n) is 2.23. The Hall–Kier alpha value is -2.34. The van der Waals surface area contributed by atoms with Crippen LogP contribution in [0.4, 0.5) is 0 Å². The van der Waals surface area contributed by atoms with E-state index in [4.69, 9.17) is 4.42 Å². The molecule has 0 unspecified atom stereocenters. The molecule has 2 rings (SSSR count). The van der Waals surface area contributed by atoms with Crippen molar-refractivity contribution in [1.82, 2.24) is 4.98 Å². The zero-order valence-electron chi connectivity index (χ0n) is 12.6. The summed E-state index contributed by atoms with van der Waals surface area (Å²) in [7, 11) is 0. The van der Waals surface area contributed by atoms with E-state index in [2.05, 4.69) is 31.0 Å². The summed E-state index contributed by atoms with van der Waals surface area (Å²) >= 11 is 0. The van der Waals surface area contributed by atoms with Crippen LogP contribution in [0, 0.1) is 11.3 Å². The maximum atomic E-state index is 9.17. The smallest absolute Gasteiger partial charge is 0.222 e. The first-order chi connectivity index (χ1) is 10.3. The van der Waals surface area contributed by atoms with Gasteiger partial charge in [0, 0.05) is 11.1 Å². The minimum absolute atomic E-state index is 0.606. The van der Waals surface area contributed by atoms with Crippen LogP contribution in [0.2, 0.25) is 0 Å². The van der Waals surface area contributed by atoms with Gasteiger partial charge in [0.1, 0.15) is 0 Å². The molecule has 2 aromatic rings. The molecule has 0 spiro atoms. The molecular formula is C18H20N2O. The highest BCUT2D eigenvalue weighted by atomic mass is 16.4. The van der Waals surface area contributed by atoms with Gasteiger partial charge in [-0.1, -0.05) is 44.9 Å². The fraction of sp³-hybridized carbons (Fsp3) is 0.333. The Bertz CT molecular complexity index is 662. The minimum atomic E-state index is 0.606. The lowest BCUT2D eigenvalue weighted by Crippen LogP contribution is -1.85. The predicted molar refractivity (Wildman–Crippen MR) is 84.4 cm³/mol. The van der Waals surface area contributed by atoms with Gasteiger partial charge in [-0.3, -0.25) is 0 Å². The summed E-state index contributed by atoms with van der Waals surface area (Å²) in [6, 6.07) is 9.62. The van der Waals surface area contributed by atoms with Crippen molar-refractivity contribution < 1.29 is 4.42 Å². The number of unbranched alkanes of at least 4 members (excludes halogenated alkanes) is 1. The van der Waals surface area contributed by atoms with Crippen LogP contribution >= 0.6 is 0 Å². The predicted octanol–water partition coefficient (Wildman–Crippen LogP) is 5.20. The van der Waals surface area contributed by atoms with Gasteiger partial charge in [-0.25, -0.2) is 4.98 Å². The van der Waals surface area contributed by atoms with E-state index in [1.54, 1.807) is 12.3 Å². The van der Waals surface area contributed by atoms with E-state index in [1.807, 2.05) is 18.2 Å². The van der Waals surface area contributed by atoms with E-state index >= 15 is 0 Å². The highest BCUT2D eigenvalue weighted by molar-refractivity contribution is 5.67. The second-order valence-electron chi connectivity index (χ2n) is 4.96. The summed E-state index contributed by atoms with van der Waals surface area (Å²) in [5.74, 6) is 1.33. The van der Waals surface area contributed by atoms with Crippen LogP contribution in [0.15, 0.2) is 41.0 Å². The van der Waals surface area contributed by atoms with Crippen LogP contribution in [0.1, 0.15) is 51.0 Å². The van der Waals surface area contributed by atoms with E-state index in [0.29, 0.717) is 17.2 Å². The molecule has 0 saturated heterocycles. The molecule has 0 N–H and O–H groups in total. The molecule has 1 aromatic carbocycles. The number of benzene rings is 1. The third-order valence-electron chi connectivity index (χ3n) is 3.29. The maximum absolute atomic E-state index is 9.17. The highest BCUT2D eigenvalue weighted by Crippen LogP contribution is 2.28. The number of oxazole rings is 1.